The van der Waals surface area contributed by atoms with E-state index in [0.29, 0.717) is 11.1 Å². The molecule has 0 aromatic carbocycles. The van der Waals surface area contributed by atoms with E-state index in [4.69, 9.17) is 17.9 Å². The van der Waals surface area contributed by atoms with E-state index >= 15 is 0 Å². The van der Waals surface area contributed by atoms with Crippen LogP contribution in [-0.2, 0) is 12.6 Å². The molecule has 0 atom stereocenters. The molecule has 0 radical (unpaired) electrons. The number of rotatable bonds is 0. The van der Waals surface area contributed by atoms with Gasteiger partial charge in [-0.3, -0.25) is 4.79 Å². The van der Waals surface area contributed by atoms with Gasteiger partial charge in [0, 0.05) is 6.07 Å². The first kappa shape index (κ1) is 7.76. The van der Waals surface area contributed by atoms with E-state index in [9.17, 15) is 4.79 Å². The molecule has 4 heteroatoms. The van der Waals surface area contributed by atoms with E-state index in [1.807, 2.05) is 6.07 Å². The molecule has 0 spiro atoms. The largest absolute Gasteiger partial charge is 0.761 e. The summed E-state index contributed by atoms with van der Waals surface area (Å²) in [5, 5.41) is 8.77. The Kier molecular flexibility index (Phi) is 1.92. The van der Waals surface area contributed by atoms with Gasteiger partial charge in [0.25, 0.3) is 0 Å². The van der Waals surface area contributed by atoms with E-state index < -0.39 is 0 Å². The third-order valence-electron chi connectivity index (χ3n) is 1.32. The highest BCUT2D eigenvalue weighted by Gasteiger charge is 1.96. The Bertz CT molecular complexity index is 349. The number of nitrogens with one attached hydrogen (secondary N) is 1. The second-order valence-corrected chi connectivity index (χ2v) is 2.54. The summed E-state index contributed by atoms with van der Waals surface area (Å²) in [7, 11) is 0. The Hall–Kier alpha value is -1.34. The molecule has 56 valence electrons. The number of nitrogens with zero attached hydrogens (tertiary/aromatic N) is 1. The van der Waals surface area contributed by atoms with E-state index in [1.165, 1.54) is 6.07 Å². The van der Waals surface area contributed by atoms with Crippen molar-refractivity contribution in [2.24, 2.45) is 0 Å². The summed E-state index contributed by atoms with van der Waals surface area (Å²) in [6.45, 7) is 1.68. The minimum Gasteiger partial charge on any atom is -0.761 e. The Balaban J connectivity index is 3.52. The standard InChI is InChI=1S/C7H6N2OS/c1-4-2-6(10)9-7(11)5(4)3-8/h2H,1H3,(H2,9,10,11)/p-1. The first-order valence-corrected chi connectivity index (χ1v) is 3.37. The van der Waals surface area contributed by atoms with Crippen molar-refractivity contribution >= 4 is 12.6 Å². The molecule has 0 amide bonds. The van der Waals surface area contributed by atoms with Gasteiger partial charge in [-0.15, -0.1) is 0 Å². The van der Waals surface area contributed by atoms with Gasteiger partial charge in [0.15, 0.2) is 0 Å². The fraction of sp³-hybridized carbons (Fsp3) is 0.143. The maximum Gasteiger partial charge on any atom is 0.246 e. The molecular weight excluding hydrogens is 160 g/mol. The molecule has 0 saturated heterocycles. The third kappa shape index (κ3) is 1.38. The van der Waals surface area contributed by atoms with Crippen molar-refractivity contribution in [2.75, 3.05) is 0 Å². The molecule has 1 rings (SSSR count). The average molecular weight is 165 g/mol. The van der Waals surface area contributed by atoms with Crippen LogP contribution in [0.25, 0.3) is 0 Å². The van der Waals surface area contributed by atoms with Gasteiger partial charge in [-0.25, -0.2) is 0 Å². The molecule has 0 saturated carbocycles. The van der Waals surface area contributed by atoms with Crippen LogP contribution < -0.4 is 5.56 Å². The summed E-state index contributed by atoms with van der Waals surface area (Å²) in [5.41, 5.74) is 0.743. The second-order valence-electron chi connectivity index (χ2n) is 2.13. The Morgan fingerprint density at radius 1 is 1.73 bits per heavy atom. The molecule has 0 aliphatic rings. The SMILES string of the molecule is Cc1cc(=O)[nH]c([S-])c1C#N. The lowest BCUT2D eigenvalue weighted by Crippen LogP contribution is -2.08. The molecule has 0 bridgehead atoms. The highest BCUT2D eigenvalue weighted by molar-refractivity contribution is 7.58. The quantitative estimate of drug-likeness (QED) is 0.568. The van der Waals surface area contributed by atoms with Crippen molar-refractivity contribution < 1.29 is 0 Å². The minimum absolute atomic E-state index is 0.220. The number of H-pyrrole nitrogens is 1. The van der Waals surface area contributed by atoms with Crippen molar-refractivity contribution in [1.29, 1.82) is 5.26 Å². The Morgan fingerprint density at radius 2 is 2.36 bits per heavy atom. The van der Waals surface area contributed by atoms with Crippen molar-refractivity contribution in [2.45, 2.75) is 11.9 Å². The Morgan fingerprint density at radius 3 is 2.82 bits per heavy atom. The van der Waals surface area contributed by atoms with Crippen LogP contribution in [0.15, 0.2) is 15.9 Å². The zero-order chi connectivity index (χ0) is 8.43. The summed E-state index contributed by atoms with van der Waals surface area (Å²) < 4.78 is 0. The second kappa shape index (κ2) is 2.72. The summed E-state index contributed by atoms with van der Waals surface area (Å²) >= 11 is 4.75. The fourth-order valence-corrected chi connectivity index (χ4v) is 1.10. The normalized spacial score (nSPS) is 9.09. The predicted molar refractivity (Wildman–Crippen MR) is 42.1 cm³/mol. The Labute approximate surface area is 69.1 Å². The molecule has 1 aromatic rings. The molecule has 1 heterocycles. The monoisotopic (exact) mass is 165 g/mol. The first-order valence-electron chi connectivity index (χ1n) is 2.96. The van der Waals surface area contributed by atoms with Gasteiger partial charge >= 0.3 is 0 Å². The maximum absolute atomic E-state index is 10.7. The first-order chi connectivity index (χ1) is 5.15. The summed E-state index contributed by atoms with van der Waals surface area (Å²) in [6, 6.07) is 3.27. The van der Waals surface area contributed by atoms with Crippen molar-refractivity contribution in [3.8, 4) is 6.07 Å². The van der Waals surface area contributed by atoms with Crippen molar-refractivity contribution in [3.63, 3.8) is 0 Å². The number of hydrogen-bond acceptors (Lipinski definition) is 3. The lowest BCUT2D eigenvalue weighted by molar-refractivity contribution is 1.05. The smallest absolute Gasteiger partial charge is 0.246 e. The van der Waals surface area contributed by atoms with E-state index in [0.717, 1.165) is 0 Å². The van der Waals surface area contributed by atoms with Crippen LogP contribution >= 0.6 is 0 Å². The maximum atomic E-state index is 10.7. The predicted octanol–water partition coefficient (Wildman–Crippen LogP) is 0.461. The van der Waals surface area contributed by atoms with E-state index in [-0.39, 0.29) is 10.6 Å². The minimum atomic E-state index is -0.258. The molecule has 3 nitrogen and oxygen atoms in total. The highest BCUT2D eigenvalue weighted by Crippen LogP contribution is 2.05. The number of hydrogen-bond donors (Lipinski definition) is 1. The topological polar surface area (TPSA) is 56.6 Å². The van der Waals surface area contributed by atoms with Crippen molar-refractivity contribution in [1.82, 2.24) is 4.98 Å². The third-order valence-corrected chi connectivity index (χ3v) is 1.62. The van der Waals surface area contributed by atoms with Gasteiger partial charge in [0.2, 0.25) is 5.56 Å². The van der Waals surface area contributed by atoms with Crippen LogP contribution in [0, 0.1) is 18.3 Å². The van der Waals surface area contributed by atoms with Crippen LogP contribution in [-0.4, -0.2) is 4.98 Å². The average Bonchev–Trinajstić information content (AvgIpc) is 1.85. The summed E-state index contributed by atoms with van der Waals surface area (Å²) in [6.07, 6.45) is 0. The molecule has 0 fully saturated rings. The fourth-order valence-electron chi connectivity index (χ4n) is 0.797. The van der Waals surface area contributed by atoms with Crippen LogP contribution in [0.1, 0.15) is 11.1 Å². The lowest BCUT2D eigenvalue weighted by Gasteiger charge is -2.08. The molecule has 11 heavy (non-hydrogen) atoms. The molecule has 1 N–H and O–H groups in total. The van der Waals surface area contributed by atoms with Crippen LogP contribution in [0.3, 0.4) is 0 Å². The molecule has 1 aromatic heterocycles. The van der Waals surface area contributed by atoms with Gasteiger partial charge in [0.05, 0.1) is 11.6 Å². The van der Waals surface area contributed by atoms with E-state index in [1.54, 1.807) is 6.92 Å². The van der Waals surface area contributed by atoms with Gasteiger partial charge in [0.1, 0.15) is 0 Å². The van der Waals surface area contributed by atoms with Gasteiger partial charge in [-0.05, 0) is 12.5 Å². The number of aromatic amines is 1. The number of pyridine rings is 1. The zero-order valence-corrected chi connectivity index (χ0v) is 6.66. The highest BCUT2D eigenvalue weighted by atomic mass is 32.1. The van der Waals surface area contributed by atoms with Gasteiger partial charge in [-0.2, -0.15) is 5.26 Å². The van der Waals surface area contributed by atoms with Crippen LogP contribution in [0.2, 0.25) is 0 Å². The van der Waals surface area contributed by atoms with Gasteiger partial charge < -0.3 is 17.6 Å². The van der Waals surface area contributed by atoms with E-state index in [2.05, 4.69) is 4.98 Å². The van der Waals surface area contributed by atoms with Crippen LogP contribution in [0.4, 0.5) is 0 Å². The zero-order valence-electron chi connectivity index (χ0n) is 5.84. The summed E-state index contributed by atoms with van der Waals surface area (Å²) in [4.78, 5) is 13.1. The number of aromatic nitrogens is 1. The number of aryl methyl sites for hydroxylation is 1. The van der Waals surface area contributed by atoms with Gasteiger partial charge in [-0.1, -0.05) is 5.03 Å². The van der Waals surface area contributed by atoms with Crippen molar-refractivity contribution in [3.05, 3.63) is 27.5 Å². The molecule has 0 aliphatic carbocycles. The lowest BCUT2D eigenvalue weighted by atomic mass is 10.2. The summed E-state index contributed by atoms with van der Waals surface area (Å²) in [5.74, 6) is 0. The molecule has 0 unspecified atom stereocenters. The number of nitriles is 1. The van der Waals surface area contributed by atoms with Crippen LogP contribution in [0.5, 0.6) is 0 Å². The molecular formula is C7H5N2OS-. The molecule has 0 aliphatic heterocycles.